The van der Waals surface area contributed by atoms with E-state index in [1.807, 2.05) is 4.90 Å². The lowest BCUT2D eigenvalue weighted by Crippen LogP contribution is -2.38. The average Bonchev–Trinajstić information content (AvgIpc) is 2.75. The summed E-state index contributed by atoms with van der Waals surface area (Å²) < 4.78 is 62.2. The summed E-state index contributed by atoms with van der Waals surface area (Å²) >= 11 is 0. The fourth-order valence-electron chi connectivity index (χ4n) is 3.65. The van der Waals surface area contributed by atoms with Crippen LogP contribution in [0.4, 0.5) is 23.2 Å². The van der Waals surface area contributed by atoms with Crippen molar-refractivity contribution in [3.8, 4) is 11.1 Å². The number of hydrogen-bond acceptors (Lipinski definition) is 4. The van der Waals surface area contributed by atoms with Gasteiger partial charge in [0.2, 0.25) is 0 Å². The van der Waals surface area contributed by atoms with Gasteiger partial charge in [-0.05, 0) is 18.2 Å². The molecule has 0 radical (unpaired) electrons. The number of halogens is 4. The van der Waals surface area contributed by atoms with Gasteiger partial charge in [0, 0.05) is 48.9 Å². The van der Waals surface area contributed by atoms with E-state index in [9.17, 15) is 22.4 Å². The molecule has 1 aliphatic rings. The molecule has 30 heavy (non-hydrogen) atoms. The van der Waals surface area contributed by atoms with Crippen LogP contribution < -0.4 is 10.2 Å². The molecule has 1 fully saturated rings. The van der Waals surface area contributed by atoms with Gasteiger partial charge in [0.15, 0.2) is 11.6 Å². The Balaban J connectivity index is 2.05. The first-order valence-corrected chi connectivity index (χ1v) is 9.23. The van der Waals surface area contributed by atoms with Gasteiger partial charge in [-0.2, -0.15) is 0 Å². The zero-order valence-electron chi connectivity index (χ0n) is 15.9. The molecule has 0 aliphatic carbocycles. The highest BCUT2D eigenvalue weighted by molar-refractivity contribution is 6.10. The number of fused-ring (bicyclic) bond motifs is 1. The fraction of sp³-hybridized carbons (Fsp3) is 0.238. The van der Waals surface area contributed by atoms with Crippen LogP contribution in [0.25, 0.3) is 22.0 Å². The third kappa shape index (κ3) is 3.35. The quantitative estimate of drug-likeness (QED) is 0.520. The highest BCUT2D eigenvalue weighted by atomic mass is 19.2. The van der Waals surface area contributed by atoms with Gasteiger partial charge in [0.1, 0.15) is 11.6 Å². The first-order chi connectivity index (χ1) is 14.4. The minimum atomic E-state index is -1.43. The fourth-order valence-corrected chi connectivity index (χ4v) is 3.65. The Hall–Kier alpha value is -3.20. The van der Waals surface area contributed by atoms with Crippen molar-refractivity contribution >= 4 is 22.5 Å². The van der Waals surface area contributed by atoms with Gasteiger partial charge in [-0.15, -0.1) is 0 Å². The number of aromatic nitrogens is 1. The normalized spacial score (nSPS) is 14.2. The summed E-state index contributed by atoms with van der Waals surface area (Å²) in [7, 11) is 1.47. The number of pyridine rings is 1. The molecule has 0 atom stereocenters. The van der Waals surface area contributed by atoms with Crippen LogP contribution in [0.2, 0.25) is 0 Å². The number of amides is 1. The first kappa shape index (κ1) is 20.1. The van der Waals surface area contributed by atoms with Crippen molar-refractivity contribution in [2.24, 2.45) is 0 Å². The van der Waals surface area contributed by atoms with Gasteiger partial charge in [0.25, 0.3) is 5.91 Å². The molecule has 2 aromatic carbocycles. The van der Waals surface area contributed by atoms with Gasteiger partial charge in [-0.1, -0.05) is 0 Å². The van der Waals surface area contributed by atoms with Crippen LogP contribution in [0, 0.1) is 23.3 Å². The Morgan fingerprint density at radius 2 is 1.83 bits per heavy atom. The van der Waals surface area contributed by atoms with Crippen molar-refractivity contribution in [2.75, 3.05) is 38.3 Å². The Kier molecular flexibility index (Phi) is 5.29. The maximum atomic E-state index is 14.8. The van der Waals surface area contributed by atoms with Crippen LogP contribution in [0.5, 0.6) is 0 Å². The van der Waals surface area contributed by atoms with Crippen molar-refractivity contribution in [3.05, 3.63) is 59.3 Å². The number of carbonyl (C=O) groups excluding carboxylic acids is 1. The molecule has 2 heterocycles. The lowest BCUT2D eigenvalue weighted by atomic mass is 9.97. The Morgan fingerprint density at radius 3 is 2.53 bits per heavy atom. The summed E-state index contributed by atoms with van der Waals surface area (Å²) in [5.74, 6) is -5.15. The standard InChI is InChI=1S/C21H17F4N3O2/c1-26-21(29)14-10-27-19-12(20(14)28-4-6-30-7-5-28)2-3-15(23)17(19)13-8-11(22)9-16(24)18(13)25/h2-3,8-10H,4-7H2,1H3,(H,26,29). The molecule has 1 amide bonds. The van der Waals surface area contributed by atoms with E-state index in [4.69, 9.17) is 4.74 Å². The number of nitrogens with one attached hydrogen (secondary N) is 1. The van der Waals surface area contributed by atoms with Crippen LogP contribution in [0.1, 0.15) is 10.4 Å². The van der Waals surface area contributed by atoms with Gasteiger partial charge >= 0.3 is 0 Å². The monoisotopic (exact) mass is 419 g/mol. The highest BCUT2D eigenvalue weighted by Gasteiger charge is 2.26. The lowest BCUT2D eigenvalue weighted by Gasteiger charge is -2.31. The number of morpholine rings is 1. The smallest absolute Gasteiger partial charge is 0.254 e. The average molecular weight is 419 g/mol. The summed E-state index contributed by atoms with van der Waals surface area (Å²) in [6.45, 7) is 1.79. The number of ether oxygens (including phenoxy) is 1. The predicted octanol–water partition coefficient (Wildman–Crippen LogP) is 3.65. The molecule has 0 saturated carbocycles. The molecule has 1 N–H and O–H groups in total. The molecular formula is C21H17F4N3O2. The van der Waals surface area contributed by atoms with Crippen LogP contribution in [-0.4, -0.2) is 44.2 Å². The Bertz CT molecular complexity index is 1150. The second-order valence-electron chi connectivity index (χ2n) is 6.77. The van der Waals surface area contributed by atoms with Crippen LogP contribution in [0.15, 0.2) is 30.5 Å². The van der Waals surface area contributed by atoms with Gasteiger partial charge < -0.3 is 15.0 Å². The number of rotatable bonds is 3. The third-order valence-corrected chi connectivity index (χ3v) is 5.02. The zero-order valence-corrected chi connectivity index (χ0v) is 15.9. The number of benzene rings is 2. The van der Waals surface area contributed by atoms with E-state index in [1.165, 1.54) is 19.3 Å². The molecule has 4 rings (SSSR count). The molecule has 1 saturated heterocycles. The van der Waals surface area contributed by atoms with Crippen molar-refractivity contribution < 1.29 is 27.1 Å². The minimum Gasteiger partial charge on any atom is -0.378 e. The second kappa shape index (κ2) is 7.91. The van der Waals surface area contributed by atoms with Crippen LogP contribution in [-0.2, 0) is 4.74 Å². The number of anilines is 1. The summed E-state index contributed by atoms with van der Waals surface area (Å²) in [6.07, 6.45) is 1.25. The zero-order chi connectivity index (χ0) is 21.4. The van der Waals surface area contributed by atoms with E-state index in [1.54, 1.807) is 0 Å². The SMILES string of the molecule is CNC(=O)c1cnc2c(-c3cc(F)cc(F)c3F)c(F)ccc2c1N1CCOCC1. The molecule has 0 bridgehead atoms. The molecule has 0 spiro atoms. The summed E-state index contributed by atoms with van der Waals surface area (Å²) in [6, 6.07) is 3.60. The molecular weight excluding hydrogens is 402 g/mol. The van der Waals surface area contributed by atoms with E-state index >= 15 is 0 Å². The number of nitrogens with zero attached hydrogens (tertiary/aromatic N) is 2. The number of hydrogen-bond donors (Lipinski definition) is 1. The van der Waals surface area contributed by atoms with E-state index < -0.39 is 34.7 Å². The summed E-state index contributed by atoms with van der Waals surface area (Å²) in [5, 5.41) is 2.90. The molecule has 1 aliphatic heterocycles. The molecule has 9 heteroatoms. The maximum absolute atomic E-state index is 14.8. The van der Waals surface area contributed by atoms with Crippen molar-refractivity contribution in [1.29, 1.82) is 0 Å². The predicted molar refractivity (Wildman–Crippen MR) is 103 cm³/mol. The van der Waals surface area contributed by atoms with E-state index in [2.05, 4.69) is 10.3 Å². The van der Waals surface area contributed by atoms with Crippen LogP contribution in [0.3, 0.4) is 0 Å². The Morgan fingerprint density at radius 1 is 1.10 bits per heavy atom. The molecule has 1 aromatic heterocycles. The third-order valence-electron chi connectivity index (χ3n) is 5.02. The summed E-state index contributed by atoms with van der Waals surface area (Å²) in [5.41, 5.74) is -0.241. The minimum absolute atomic E-state index is 0.00644. The molecule has 3 aromatic rings. The van der Waals surface area contributed by atoms with Crippen molar-refractivity contribution in [3.63, 3.8) is 0 Å². The van der Waals surface area contributed by atoms with Gasteiger partial charge in [-0.25, -0.2) is 17.6 Å². The summed E-state index contributed by atoms with van der Waals surface area (Å²) in [4.78, 5) is 18.5. The van der Waals surface area contributed by atoms with E-state index in [-0.39, 0.29) is 16.6 Å². The van der Waals surface area contributed by atoms with Crippen molar-refractivity contribution in [1.82, 2.24) is 10.3 Å². The topological polar surface area (TPSA) is 54.5 Å². The van der Waals surface area contributed by atoms with Gasteiger partial charge in [0.05, 0.1) is 30.0 Å². The Labute approximate surface area is 169 Å². The van der Waals surface area contributed by atoms with Crippen LogP contribution >= 0.6 is 0 Å². The number of carbonyl (C=O) groups is 1. The highest BCUT2D eigenvalue weighted by Crippen LogP contribution is 2.38. The molecule has 156 valence electrons. The van der Waals surface area contributed by atoms with E-state index in [0.717, 1.165) is 12.1 Å². The second-order valence-corrected chi connectivity index (χ2v) is 6.77. The molecule has 0 unspecified atom stereocenters. The maximum Gasteiger partial charge on any atom is 0.254 e. The first-order valence-electron chi connectivity index (χ1n) is 9.23. The largest absolute Gasteiger partial charge is 0.378 e. The lowest BCUT2D eigenvalue weighted by molar-refractivity contribution is 0.0961. The molecule has 5 nitrogen and oxygen atoms in total. The van der Waals surface area contributed by atoms with Crippen molar-refractivity contribution in [2.45, 2.75) is 0 Å². The van der Waals surface area contributed by atoms with E-state index in [0.29, 0.717) is 43.4 Å². The van der Waals surface area contributed by atoms with Gasteiger partial charge in [-0.3, -0.25) is 9.78 Å².